The number of nitrogens with two attached hydrogens (primary N) is 1. The molecule has 2 N–H and O–H groups in total. The fourth-order valence-electron chi connectivity index (χ4n) is 2.37. The van der Waals surface area contributed by atoms with Crippen molar-refractivity contribution in [3.05, 3.63) is 29.8 Å². The second-order valence-corrected chi connectivity index (χ2v) is 5.68. The van der Waals surface area contributed by atoms with Gasteiger partial charge in [0.15, 0.2) is 0 Å². The topological polar surface area (TPSA) is 55.6 Å². The Morgan fingerprint density at radius 3 is 3.00 bits per heavy atom. The summed E-state index contributed by atoms with van der Waals surface area (Å²) in [5, 5.41) is 0. The van der Waals surface area contributed by atoms with Crippen LogP contribution in [0.1, 0.15) is 25.3 Å². The largest absolute Gasteiger partial charge is 0.494 e. The summed E-state index contributed by atoms with van der Waals surface area (Å²) in [6.07, 6.45) is 1.51. The number of hydrogen-bond donors (Lipinski definition) is 1. The van der Waals surface area contributed by atoms with Gasteiger partial charge in [-0.3, -0.25) is 4.79 Å². The van der Waals surface area contributed by atoms with Crippen LogP contribution in [0.5, 0.6) is 5.75 Å². The molecule has 2 rings (SSSR count). The highest BCUT2D eigenvalue weighted by molar-refractivity contribution is 7.80. The summed E-state index contributed by atoms with van der Waals surface area (Å²) in [5.41, 5.74) is 6.39. The lowest BCUT2D eigenvalue weighted by Crippen LogP contribution is -2.27. The minimum atomic E-state index is 0.257. The van der Waals surface area contributed by atoms with E-state index in [0.717, 1.165) is 30.8 Å². The van der Waals surface area contributed by atoms with E-state index in [2.05, 4.69) is 6.92 Å². The van der Waals surface area contributed by atoms with Gasteiger partial charge in [-0.25, -0.2) is 0 Å². The molecular formula is C15H20N2O2S. The Labute approximate surface area is 124 Å². The number of benzene rings is 1. The van der Waals surface area contributed by atoms with Crippen LogP contribution >= 0.6 is 12.2 Å². The smallest absolute Gasteiger partial charge is 0.222 e. The average molecular weight is 292 g/mol. The van der Waals surface area contributed by atoms with Gasteiger partial charge in [-0.15, -0.1) is 0 Å². The predicted molar refractivity (Wildman–Crippen MR) is 82.8 cm³/mol. The SMILES string of the molecule is CC1CC(=O)N(CCCOc2cccc(C(N)=S)c2)C1. The number of amides is 1. The Balaban J connectivity index is 1.75. The van der Waals surface area contributed by atoms with Crippen molar-refractivity contribution in [1.82, 2.24) is 4.90 Å². The second kappa shape index (κ2) is 6.70. The third kappa shape index (κ3) is 3.93. The molecule has 1 amide bonds. The van der Waals surface area contributed by atoms with E-state index in [4.69, 9.17) is 22.7 Å². The maximum absolute atomic E-state index is 11.6. The maximum atomic E-state index is 11.6. The lowest BCUT2D eigenvalue weighted by atomic mass is 10.2. The lowest BCUT2D eigenvalue weighted by molar-refractivity contribution is -0.127. The lowest BCUT2D eigenvalue weighted by Gasteiger charge is -2.16. The van der Waals surface area contributed by atoms with Crippen LogP contribution in [0.15, 0.2) is 24.3 Å². The maximum Gasteiger partial charge on any atom is 0.222 e. The first-order valence-corrected chi connectivity index (χ1v) is 7.27. The van der Waals surface area contributed by atoms with Gasteiger partial charge in [-0.2, -0.15) is 0 Å². The highest BCUT2D eigenvalue weighted by atomic mass is 32.1. The third-order valence-corrected chi connectivity index (χ3v) is 3.60. The van der Waals surface area contributed by atoms with Crippen LogP contribution in [0.2, 0.25) is 0 Å². The summed E-state index contributed by atoms with van der Waals surface area (Å²) in [6.45, 7) is 4.32. The molecule has 0 radical (unpaired) electrons. The molecule has 1 fully saturated rings. The number of carbonyl (C=O) groups excluding carboxylic acids is 1. The molecule has 1 saturated heterocycles. The molecule has 0 bridgehead atoms. The number of thiocarbonyl (C=S) groups is 1. The molecule has 0 aliphatic carbocycles. The van der Waals surface area contributed by atoms with Gasteiger partial charge in [0.1, 0.15) is 10.7 Å². The Hall–Kier alpha value is -1.62. The number of carbonyl (C=O) groups is 1. The summed E-state index contributed by atoms with van der Waals surface area (Å²) in [7, 11) is 0. The van der Waals surface area contributed by atoms with Crippen molar-refractivity contribution >= 4 is 23.1 Å². The van der Waals surface area contributed by atoms with Gasteiger partial charge < -0.3 is 15.4 Å². The molecule has 0 aromatic heterocycles. The molecule has 1 aromatic rings. The van der Waals surface area contributed by atoms with Crippen LogP contribution in [0.3, 0.4) is 0 Å². The van der Waals surface area contributed by atoms with Crippen molar-refractivity contribution in [3.63, 3.8) is 0 Å². The normalized spacial score (nSPS) is 18.4. The van der Waals surface area contributed by atoms with Crippen LogP contribution in [0.4, 0.5) is 0 Å². The molecule has 1 unspecified atom stereocenters. The quantitative estimate of drug-likeness (QED) is 0.643. The van der Waals surface area contributed by atoms with Gasteiger partial charge in [-0.05, 0) is 24.5 Å². The zero-order valence-electron chi connectivity index (χ0n) is 11.7. The average Bonchev–Trinajstić information content (AvgIpc) is 2.73. The van der Waals surface area contributed by atoms with Crippen molar-refractivity contribution < 1.29 is 9.53 Å². The van der Waals surface area contributed by atoms with Crippen LogP contribution < -0.4 is 10.5 Å². The van der Waals surface area contributed by atoms with Gasteiger partial charge >= 0.3 is 0 Å². The summed E-state index contributed by atoms with van der Waals surface area (Å²) in [4.78, 5) is 13.9. The first kappa shape index (κ1) is 14.8. The Morgan fingerprint density at radius 1 is 1.55 bits per heavy atom. The predicted octanol–water partition coefficient (Wildman–Crippen LogP) is 1.96. The molecule has 0 spiro atoms. The van der Waals surface area contributed by atoms with Gasteiger partial charge in [0.25, 0.3) is 0 Å². The highest BCUT2D eigenvalue weighted by Gasteiger charge is 2.25. The summed E-state index contributed by atoms with van der Waals surface area (Å²) in [6, 6.07) is 7.45. The van der Waals surface area contributed by atoms with E-state index in [-0.39, 0.29) is 5.91 Å². The molecule has 0 saturated carbocycles. The zero-order chi connectivity index (χ0) is 14.5. The van der Waals surface area contributed by atoms with Crippen molar-refractivity contribution in [1.29, 1.82) is 0 Å². The van der Waals surface area contributed by atoms with Crippen LogP contribution in [0, 0.1) is 5.92 Å². The fourth-order valence-corrected chi connectivity index (χ4v) is 2.50. The summed E-state index contributed by atoms with van der Waals surface area (Å²) >= 11 is 4.93. The molecule has 1 atom stereocenters. The van der Waals surface area contributed by atoms with E-state index >= 15 is 0 Å². The van der Waals surface area contributed by atoms with E-state index < -0.39 is 0 Å². The van der Waals surface area contributed by atoms with Gasteiger partial charge in [0.05, 0.1) is 6.61 Å². The number of likely N-dealkylation sites (tertiary alicyclic amines) is 1. The second-order valence-electron chi connectivity index (χ2n) is 5.24. The molecule has 4 nitrogen and oxygen atoms in total. The minimum Gasteiger partial charge on any atom is -0.494 e. The Bertz CT molecular complexity index is 504. The van der Waals surface area contributed by atoms with E-state index in [9.17, 15) is 4.79 Å². The van der Waals surface area contributed by atoms with Crippen LogP contribution in [-0.4, -0.2) is 35.5 Å². The van der Waals surface area contributed by atoms with Crippen LogP contribution in [-0.2, 0) is 4.79 Å². The van der Waals surface area contributed by atoms with Gasteiger partial charge in [0, 0.05) is 25.1 Å². The molecule has 1 heterocycles. The van der Waals surface area contributed by atoms with Crippen molar-refractivity contribution in [3.8, 4) is 5.75 Å². The molecule has 20 heavy (non-hydrogen) atoms. The monoisotopic (exact) mass is 292 g/mol. The third-order valence-electron chi connectivity index (χ3n) is 3.37. The summed E-state index contributed by atoms with van der Waals surface area (Å²) < 4.78 is 5.67. The Morgan fingerprint density at radius 2 is 2.35 bits per heavy atom. The van der Waals surface area contributed by atoms with Crippen molar-refractivity contribution in [2.24, 2.45) is 11.7 Å². The van der Waals surface area contributed by atoms with E-state index in [1.54, 1.807) is 0 Å². The van der Waals surface area contributed by atoms with Gasteiger partial charge in [-0.1, -0.05) is 31.3 Å². The first-order chi connectivity index (χ1) is 9.56. The molecular weight excluding hydrogens is 272 g/mol. The zero-order valence-corrected chi connectivity index (χ0v) is 12.5. The van der Waals surface area contributed by atoms with Crippen molar-refractivity contribution in [2.45, 2.75) is 19.8 Å². The number of nitrogens with zero attached hydrogens (tertiary/aromatic N) is 1. The van der Waals surface area contributed by atoms with E-state index in [1.807, 2.05) is 29.2 Å². The Kier molecular flexibility index (Phi) is 4.95. The van der Waals surface area contributed by atoms with E-state index in [0.29, 0.717) is 23.9 Å². The standard InChI is InChI=1S/C15H20N2O2S/c1-11-8-14(18)17(10-11)6-3-7-19-13-5-2-4-12(9-13)15(16)20/h2,4-5,9,11H,3,6-8,10H2,1H3,(H2,16,20). The fraction of sp³-hybridized carbons (Fsp3) is 0.467. The molecule has 108 valence electrons. The van der Waals surface area contributed by atoms with Crippen molar-refractivity contribution in [2.75, 3.05) is 19.7 Å². The molecule has 5 heteroatoms. The summed E-state index contributed by atoms with van der Waals surface area (Å²) in [5.74, 6) is 1.50. The molecule has 1 aromatic carbocycles. The number of rotatable bonds is 6. The number of hydrogen-bond acceptors (Lipinski definition) is 3. The first-order valence-electron chi connectivity index (χ1n) is 6.86. The molecule has 1 aliphatic rings. The molecule has 1 aliphatic heterocycles. The minimum absolute atomic E-state index is 0.257. The van der Waals surface area contributed by atoms with E-state index in [1.165, 1.54) is 0 Å². The van der Waals surface area contributed by atoms with Crippen LogP contribution in [0.25, 0.3) is 0 Å². The number of ether oxygens (including phenoxy) is 1. The van der Waals surface area contributed by atoms with Gasteiger partial charge in [0.2, 0.25) is 5.91 Å². The highest BCUT2D eigenvalue weighted by Crippen LogP contribution is 2.17.